The van der Waals surface area contributed by atoms with Crippen LogP contribution < -0.4 is 5.32 Å². The van der Waals surface area contributed by atoms with E-state index in [0.717, 1.165) is 11.0 Å². The lowest BCUT2D eigenvalue weighted by atomic mass is 9.87. The highest BCUT2D eigenvalue weighted by molar-refractivity contribution is 9.10. The molecule has 0 spiro atoms. The van der Waals surface area contributed by atoms with Gasteiger partial charge in [0, 0.05) is 17.1 Å². The van der Waals surface area contributed by atoms with Crippen LogP contribution in [0.25, 0.3) is 0 Å². The second-order valence-electron chi connectivity index (χ2n) is 6.60. The number of hydrogen-bond donors (Lipinski definition) is 1. The first-order chi connectivity index (χ1) is 9.86. The minimum absolute atomic E-state index is 0.219. The number of hydrogen-bond acceptors (Lipinski definition) is 1. The molecule has 0 saturated carbocycles. The average Bonchev–Trinajstić information content (AvgIpc) is 2.45. The fourth-order valence-electron chi connectivity index (χ4n) is 2.26. The SMILES string of the molecule is CC(NCc1ccc(C(C)(C)C)cc1)c1ccc(Br)cc1. The van der Waals surface area contributed by atoms with Crippen LogP contribution in [0.2, 0.25) is 0 Å². The van der Waals surface area contributed by atoms with Gasteiger partial charge in [0.25, 0.3) is 0 Å². The van der Waals surface area contributed by atoms with E-state index in [1.807, 2.05) is 0 Å². The molecule has 0 amide bonds. The van der Waals surface area contributed by atoms with Crippen LogP contribution in [0.15, 0.2) is 53.0 Å². The maximum atomic E-state index is 3.58. The first kappa shape index (κ1) is 16.3. The summed E-state index contributed by atoms with van der Waals surface area (Å²) >= 11 is 3.47. The van der Waals surface area contributed by atoms with Crippen LogP contribution in [-0.4, -0.2) is 0 Å². The lowest BCUT2D eigenvalue weighted by Crippen LogP contribution is -2.18. The number of nitrogens with one attached hydrogen (secondary N) is 1. The Morgan fingerprint density at radius 3 is 2.05 bits per heavy atom. The highest BCUT2D eigenvalue weighted by Crippen LogP contribution is 2.22. The third-order valence-corrected chi connectivity index (χ3v) is 4.33. The van der Waals surface area contributed by atoms with Gasteiger partial charge in [0.05, 0.1) is 0 Å². The van der Waals surface area contributed by atoms with E-state index in [9.17, 15) is 0 Å². The Bertz CT molecular complexity index is 564. The normalized spacial score (nSPS) is 13.2. The summed E-state index contributed by atoms with van der Waals surface area (Å²) in [6.07, 6.45) is 0. The van der Waals surface area contributed by atoms with Crippen molar-refractivity contribution in [3.8, 4) is 0 Å². The molecule has 112 valence electrons. The summed E-state index contributed by atoms with van der Waals surface area (Å²) in [5.41, 5.74) is 4.24. The standard InChI is InChI=1S/C19H24BrN/c1-14(16-7-11-18(20)12-8-16)21-13-15-5-9-17(10-6-15)19(2,3)4/h5-12,14,21H,13H2,1-4H3. The molecule has 0 heterocycles. The van der Waals surface area contributed by atoms with E-state index >= 15 is 0 Å². The zero-order chi connectivity index (χ0) is 15.5. The molecule has 2 heteroatoms. The van der Waals surface area contributed by atoms with Crippen molar-refractivity contribution in [1.82, 2.24) is 5.32 Å². The number of rotatable bonds is 4. The fraction of sp³-hybridized carbons (Fsp3) is 0.368. The van der Waals surface area contributed by atoms with Gasteiger partial charge >= 0.3 is 0 Å². The molecule has 0 radical (unpaired) electrons. The Morgan fingerprint density at radius 2 is 1.52 bits per heavy atom. The second kappa shape index (κ2) is 6.76. The van der Waals surface area contributed by atoms with Gasteiger partial charge in [-0.15, -0.1) is 0 Å². The largest absolute Gasteiger partial charge is 0.306 e. The molecule has 0 saturated heterocycles. The van der Waals surface area contributed by atoms with Crippen molar-refractivity contribution in [2.75, 3.05) is 0 Å². The van der Waals surface area contributed by atoms with Crippen molar-refractivity contribution in [1.29, 1.82) is 0 Å². The van der Waals surface area contributed by atoms with Gasteiger partial charge in [-0.2, -0.15) is 0 Å². The quantitative estimate of drug-likeness (QED) is 0.760. The van der Waals surface area contributed by atoms with Gasteiger partial charge in [-0.05, 0) is 41.2 Å². The zero-order valence-corrected chi connectivity index (χ0v) is 14.9. The molecule has 21 heavy (non-hydrogen) atoms. The molecule has 0 fully saturated rings. The van der Waals surface area contributed by atoms with E-state index in [2.05, 4.69) is 97.5 Å². The van der Waals surface area contributed by atoms with Crippen LogP contribution in [0.1, 0.15) is 50.4 Å². The Balaban J connectivity index is 1.95. The summed E-state index contributed by atoms with van der Waals surface area (Å²) in [5.74, 6) is 0. The fourth-order valence-corrected chi connectivity index (χ4v) is 2.53. The molecule has 1 unspecified atom stereocenters. The van der Waals surface area contributed by atoms with Crippen LogP contribution in [-0.2, 0) is 12.0 Å². The predicted octanol–water partition coefficient (Wildman–Crippen LogP) is 5.60. The first-order valence-corrected chi connectivity index (χ1v) is 8.24. The van der Waals surface area contributed by atoms with Gasteiger partial charge in [-0.3, -0.25) is 0 Å². The molecular weight excluding hydrogens is 322 g/mol. The van der Waals surface area contributed by atoms with E-state index in [1.165, 1.54) is 16.7 Å². The summed E-state index contributed by atoms with van der Waals surface area (Å²) in [4.78, 5) is 0. The summed E-state index contributed by atoms with van der Waals surface area (Å²) < 4.78 is 1.12. The Kier molecular flexibility index (Phi) is 5.23. The van der Waals surface area contributed by atoms with E-state index in [4.69, 9.17) is 0 Å². The third kappa shape index (κ3) is 4.69. The monoisotopic (exact) mass is 345 g/mol. The minimum atomic E-state index is 0.219. The van der Waals surface area contributed by atoms with Gasteiger partial charge in [0.2, 0.25) is 0 Å². The lowest BCUT2D eigenvalue weighted by Gasteiger charge is -2.19. The molecule has 0 aliphatic carbocycles. The number of benzene rings is 2. The molecule has 0 aliphatic heterocycles. The van der Waals surface area contributed by atoms with Crippen LogP contribution >= 0.6 is 15.9 Å². The van der Waals surface area contributed by atoms with Gasteiger partial charge in [-0.1, -0.05) is 73.1 Å². The van der Waals surface area contributed by atoms with Crippen molar-refractivity contribution in [2.45, 2.75) is 45.7 Å². The third-order valence-electron chi connectivity index (χ3n) is 3.80. The summed E-state index contributed by atoms with van der Waals surface area (Å²) in [5, 5.41) is 3.58. The van der Waals surface area contributed by atoms with E-state index in [1.54, 1.807) is 0 Å². The highest BCUT2D eigenvalue weighted by Gasteiger charge is 2.12. The summed E-state index contributed by atoms with van der Waals surface area (Å²) in [7, 11) is 0. The smallest absolute Gasteiger partial charge is 0.0294 e. The maximum absolute atomic E-state index is 3.58. The molecular formula is C19H24BrN. The molecule has 2 aromatic rings. The Labute approximate surface area is 136 Å². The minimum Gasteiger partial charge on any atom is -0.306 e. The van der Waals surface area contributed by atoms with E-state index in [-0.39, 0.29) is 5.41 Å². The highest BCUT2D eigenvalue weighted by atomic mass is 79.9. The maximum Gasteiger partial charge on any atom is 0.0294 e. The van der Waals surface area contributed by atoms with Gasteiger partial charge < -0.3 is 5.32 Å². The molecule has 1 nitrogen and oxygen atoms in total. The zero-order valence-electron chi connectivity index (χ0n) is 13.3. The van der Waals surface area contributed by atoms with E-state index < -0.39 is 0 Å². The molecule has 2 aromatic carbocycles. The van der Waals surface area contributed by atoms with Crippen molar-refractivity contribution in [3.05, 3.63) is 69.7 Å². The molecule has 0 aromatic heterocycles. The Hall–Kier alpha value is -1.12. The van der Waals surface area contributed by atoms with Gasteiger partial charge in [-0.25, -0.2) is 0 Å². The van der Waals surface area contributed by atoms with E-state index in [0.29, 0.717) is 6.04 Å². The van der Waals surface area contributed by atoms with Crippen LogP contribution in [0.4, 0.5) is 0 Å². The van der Waals surface area contributed by atoms with Crippen LogP contribution in [0.3, 0.4) is 0 Å². The summed E-state index contributed by atoms with van der Waals surface area (Å²) in [6, 6.07) is 17.8. The molecule has 1 N–H and O–H groups in total. The average molecular weight is 346 g/mol. The molecule has 0 bridgehead atoms. The topological polar surface area (TPSA) is 12.0 Å². The van der Waals surface area contributed by atoms with Gasteiger partial charge in [0.1, 0.15) is 0 Å². The second-order valence-corrected chi connectivity index (χ2v) is 7.52. The molecule has 2 rings (SSSR count). The van der Waals surface area contributed by atoms with Crippen LogP contribution in [0, 0.1) is 0 Å². The Morgan fingerprint density at radius 1 is 0.952 bits per heavy atom. The van der Waals surface area contributed by atoms with Crippen LogP contribution in [0.5, 0.6) is 0 Å². The molecule has 1 atom stereocenters. The van der Waals surface area contributed by atoms with Crippen molar-refractivity contribution in [2.24, 2.45) is 0 Å². The first-order valence-electron chi connectivity index (χ1n) is 7.44. The lowest BCUT2D eigenvalue weighted by molar-refractivity contribution is 0.571. The van der Waals surface area contributed by atoms with Crippen molar-refractivity contribution in [3.63, 3.8) is 0 Å². The van der Waals surface area contributed by atoms with Crippen molar-refractivity contribution >= 4 is 15.9 Å². The van der Waals surface area contributed by atoms with Crippen molar-refractivity contribution < 1.29 is 0 Å². The number of halogens is 1. The molecule has 0 aliphatic rings. The predicted molar refractivity (Wildman–Crippen MR) is 94.5 cm³/mol. The summed E-state index contributed by atoms with van der Waals surface area (Å²) in [6.45, 7) is 9.83. The van der Waals surface area contributed by atoms with Gasteiger partial charge in [0.15, 0.2) is 0 Å².